The van der Waals surface area contributed by atoms with Gasteiger partial charge in [0.15, 0.2) is 0 Å². The number of hydrogen-bond acceptors (Lipinski definition) is 6. The number of carbonyl (C=O) groups excluding carboxylic acids is 2. The van der Waals surface area contributed by atoms with Crippen molar-refractivity contribution in [2.75, 3.05) is 26.9 Å². The first kappa shape index (κ1) is 24.2. The smallest absolute Gasteiger partial charge is 0.408 e. The second-order valence-electron chi connectivity index (χ2n) is 8.18. The van der Waals surface area contributed by atoms with Crippen molar-refractivity contribution in [3.8, 4) is 11.1 Å². The Hall–Kier alpha value is -3.43. The van der Waals surface area contributed by atoms with Gasteiger partial charge in [-0.15, -0.1) is 0 Å². The van der Waals surface area contributed by atoms with E-state index >= 15 is 0 Å². The zero-order valence-electron chi connectivity index (χ0n) is 18.5. The molecule has 2 amide bonds. The highest BCUT2D eigenvalue weighted by Gasteiger charge is 2.37. The van der Waals surface area contributed by atoms with Crippen molar-refractivity contribution in [3.05, 3.63) is 59.7 Å². The van der Waals surface area contributed by atoms with Crippen molar-refractivity contribution in [1.82, 2.24) is 10.6 Å². The lowest BCUT2D eigenvalue weighted by Gasteiger charge is -2.29. The van der Waals surface area contributed by atoms with E-state index in [1.165, 1.54) is 14.0 Å². The summed E-state index contributed by atoms with van der Waals surface area (Å²) in [6, 6.07) is 15.9. The Balaban J connectivity index is 1.63. The average molecular weight is 456 g/mol. The SMILES string of the molecule is COCC(C)(NC(=O)OCC1c2ccccc2-c2ccccc21)C(=O)NCC(O)CC(=O)O. The normalized spacial score (nSPS) is 15.0. The highest BCUT2D eigenvalue weighted by molar-refractivity contribution is 5.90. The van der Waals surface area contributed by atoms with Crippen LogP contribution in [-0.2, 0) is 19.1 Å². The van der Waals surface area contributed by atoms with Gasteiger partial charge < -0.3 is 30.3 Å². The first-order valence-corrected chi connectivity index (χ1v) is 10.6. The zero-order chi connectivity index (χ0) is 24.0. The minimum absolute atomic E-state index is 0.0852. The molecule has 1 aliphatic rings. The number of hydrogen-bond donors (Lipinski definition) is 4. The molecule has 2 aromatic carbocycles. The van der Waals surface area contributed by atoms with Gasteiger partial charge in [-0.2, -0.15) is 0 Å². The maximum Gasteiger partial charge on any atom is 0.408 e. The molecule has 0 aliphatic heterocycles. The first-order valence-electron chi connectivity index (χ1n) is 10.6. The maximum atomic E-state index is 12.6. The van der Waals surface area contributed by atoms with Crippen molar-refractivity contribution in [2.24, 2.45) is 0 Å². The molecule has 0 saturated carbocycles. The summed E-state index contributed by atoms with van der Waals surface area (Å²) >= 11 is 0. The first-order chi connectivity index (χ1) is 15.7. The molecule has 2 aromatic rings. The maximum absolute atomic E-state index is 12.6. The summed E-state index contributed by atoms with van der Waals surface area (Å²) in [6.07, 6.45) is -2.56. The third kappa shape index (κ3) is 5.68. The summed E-state index contributed by atoms with van der Waals surface area (Å²) in [7, 11) is 1.38. The lowest BCUT2D eigenvalue weighted by molar-refractivity contribution is -0.139. The average Bonchev–Trinajstić information content (AvgIpc) is 3.09. The minimum atomic E-state index is -1.49. The number of ether oxygens (including phenoxy) is 2. The van der Waals surface area contributed by atoms with E-state index in [-0.39, 0.29) is 25.7 Å². The standard InChI is InChI=1S/C24H28N2O7/c1-24(14-32-2,22(30)25-12-15(27)11-21(28)29)26-23(31)33-13-20-18-9-5-3-7-16(18)17-8-4-6-10-19(17)20/h3-10,15,20,27H,11-14H2,1-2H3,(H,25,30)(H,26,31)(H,28,29). The van der Waals surface area contributed by atoms with Gasteiger partial charge >= 0.3 is 12.1 Å². The molecule has 2 atom stereocenters. The lowest BCUT2D eigenvalue weighted by atomic mass is 9.98. The number of aliphatic hydroxyl groups excluding tert-OH is 1. The van der Waals surface area contributed by atoms with Crippen LogP contribution in [-0.4, -0.2) is 66.7 Å². The zero-order valence-corrected chi connectivity index (χ0v) is 18.5. The quantitative estimate of drug-likeness (QED) is 0.429. The van der Waals surface area contributed by atoms with Gasteiger partial charge in [-0.1, -0.05) is 48.5 Å². The summed E-state index contributed by atoms with van der Waals surface area (Å²) in [5, 5.41) is 23.4. The number of aliphatic carboxylic acids is 1. The minimum Gasteiger partial charge on any atom is -0.481 e. The van der Waals surface area contributed by atoms with Gasteiger partial charge in [0, 0.05) is 19.6 Å². The van der Waals surface area contributed by atoms with E-state index in [1.807, 2.05) is 48.5 Å². The molecule has 0 heterocycles. The highest BCUT2D eigenvalue weighted by Crippen LogP contribution is 2.44. The molecule has 2 unspecified atom stereocenters. The Kier molecular flexibility index (Phi) is 7.67. The number of aliphatic hydroxyl groups is 1. The van der Waals surface area contributed by atoms with Crippen molar-refractivity contribution in [1.29, 1.82) is 0 Å². The Morgan fingerprint density at radius 3 is 2.18 bits per heavy atom. The lowest BCUT2D eigenvalue weighted by Crippen LogP contribution is -2.60. The Labute approximate surface area is 191 Å². The number of amides is 2. The fourth-order valence-corrected chi connectivity index (χ4v) is 3.99. The van der Waals surface area contributed by atoms with Crippen LogP contribution in [0.15, 0.2) is 48.5 Å². The number of nitrogens with one attached hydrogen (secondary N) is 2. The topological polar surface area (TPSA) is 134 Å². The van der Waals surface area contributed by atoms with Crippen molar-refractivity contribution in [2.45, 2.75) is 30.9 Å². The van der Waals surface area contributed by atoms with Gasteiger partial charge in [0.25, 0.3) is 0 Å². The summed E-state index contributed by atoms with van der Waals surface area (Å²) in [6.45, 7) is 1.10. The van der Waals surface area contributed by atoms with Crippen LogP contribution in [0, 0.1) is 0 Å². The largest absolute Gasteiger partial charge is 0.481 e. The summed E-state index contributed by atoms with van der Waals surface area (Å²) in [5.74, 6) is -1.95. The molecular formula is C24H28N2O7. The van der Waals surface area contributed by atoms with Crippen molar-refractivity contribution in [3.63, 3.8) is 0 Å². The third-order valence-electron chi connectivity index (χ3n) is 5.56. The van der Waals surface area contributed by atoms with Crippen LogP contribution in [0.4, 0.5) is 4.79 Å². The van der Waals surface area contributed by atoms with E-state index in [9.17, 15) is 19.5 Å². The van der Waals surface area contributed by atoms with E-state index in [1.54, 1.807) is 0 Å². The Morgan fingerprint density at radius 2 is 1.64 bits per heavy atom. The molecule has 176 valence electrons. The molecule has 0 fully saturated rings. The number of carbonyl (C=O) groups is 3. The fraction of sp³-hybridized carbons (Fsp3) is 0.375. The van der Waals surface area contributed by atoms with E-state index < -0.39 is 36.0 Å². The number of carboxylic acids is 1. The van der Waals surface area contributed by atoms with Gasteiger partial charge in [0.05, 0.1) is 19.1 Å². The number of methoxy groups -OCH3 is 1. The molecule has 0 radical (unpaired) electrons. The Bertz CT molecular complexity index is 980. The molecule has 4 N–H and O–H groups in total. The van der Waals surface area contributed by atoms with E-state index in [0.717, 1.165) is 22.3 Å². The van der Waals surface area contributed by atoms with Crippen LogP contribution in [0.1, 0.15) is 30.4 Å². The molecule has 9 nitrogen and oxygen atoms in total. The second-order valence-corrected chi connectivity index (χ2v) is 8.18. The van der Waals surface area contributed by atoms with Gasteiger partial charge in [-0.25, -0.2) is 4.79 Å². The van der Waals surface area contributed by atoms with Crippen LogP contribution >= 0.6 is 0 Å². The van der Waals surface area contributed by atoms with E-state index in [0.29, 0.717) is 0 Å². The van der Waals surface area contributed by atoms with E-state index in [4.69, 9.17) is 14.6 Å². The van der Waals surface area contributed by atoms with E-state index in [2.05, 4.69) is 10.6 Å². The van der Waals surface area contributed by atoms with Crippen molar-refractivity contribution >= 4 is 18.0 Å². The molecule has 33 heavy (non-hydrogen) atoms. The van der Waals surface area contributed by atoms with Gasteiger partial charge in [-0.05, 0) is 29.2 Å². The molecule has 0 spiro atoms. The summed E-state index contributed by atoms with van der Waals surface area (Å²) in [5.41, 5.74) is 2.85. The molecule has 9 heteroatoms. The number of rotatable bonds is 10. The highest BCUT2D eigenvalue weighted by atomic mass is 16.5. The third-order valence-corrected chi connectivity index (χ3v) is 5.56. The van der Waals surface area contributed by atoms with Crippen LogP contribution in [0.5, 0.6) is 0 Å². The summed E-state index contributed by atoms with van der Waals surface area (Å²) in [4.78, 5) is 35.9. The monoisotopic (exact) mass is 456 g/mol. The van der Waals surface area contributed by atoms with Crippen molar-refractivity contribution < 1.29 is 34.1 Å². The van der Waals surface area contributed by atoms with Gasteiger partial charge in [-0.3, -0.25) is 9.59 Å². The van der Waals surface area contributed by atoms with Crippen LogP contribution in [0.25, 0.3) is 11.1 Å². The number of benzene rings is 2. The predicted octanol–water partition coefficient (Wildman–Crippen LogP) is 1.88. The van der Waals surface area contributed by atoms with Crippen LogP contribution < -0.4 is 10.6 Å². The predicted molar refractivity (Wildman–Crippen MR) is 120 cm³/mol. The molecule has 0 aromatic heterocycles. The van der Waals surface area contributed by atoms with Gasteiger partial charge in [0.2, 0.25) is 5.91 Å². The second kappa shape index (κ2) is 10.5. The number of fused-ring (bicyclic) bond motifs is 3. The molecule has 3 rings (SSSR count). The Morgan fingerprint density at radius 1 is 1.06 bits per heavy atom. The number of alkyl carbamates (subject to hydrolysis) is 1. The van der Waals surface area contributed by atoms with Gasteiger partial charge in [0.1, 0.15) is 12.1 Å². The summed E-state index contributed by atoms with van der Waals surface area (Å²) < 4.78 is 10.6. The molecule has 0 bridgehead atoms. The molecule has 1 aliphatic carbocycles. The fourth-order valence-electron chi connectivity index (χ4n) is 3.99. The molecule has 0 saturated heterocycles. The molecular weight excluding hydrogens is 428 g/mol. The van der Waals surface area contributed by atoms with Crippen LogP contribution in [0.3, 0.4) is 0 Å². The number of carboxylic acid groups (broad SMARTS) is 1. The van der Waals surface area contributed by atoms with Crippen LogP contribution in [0.2, 0.25) is 0 Å².